The van der Waals surface area contributed by atoms with Crippen LogP contribution in [0.4, 0.5) is 0 Å². The van der Waals surface area contributed by atoms with Crippen LogP contribution in [0.1, 0.15) is 43.8 Å². The molecule has 9 heteroatoms. The standard InChI is InChI=1S/C27H21N5O4/c1-16-24(30-20-10-5-3-8-18(20)28-16)14-35-26(33)22-12-7-13-23(32-22)27(34)36-15-25-17(2)29-19-9-4-6-11-21(19)31-25/h3-13H,14-15H2,1-2H3. The van der Waals surface area contributed by atoms with Crippen LogP contribution >= 0.6 is 0 Å². The Morgan fingerprint density at radius 2 is 0.944 bits per heavy atom. The molecule has 9 nitrogen and oxygen atoms in total. The van der Waals surface area contributed by atoms with Gasteiger partial charge in [0.15, 0.2) is 0 Å². The fourth-order valence-corrected chi connectivity index (χ4v) is 3.60. The molecule has 0 saturated carbocycles. The minimum absolute atomic E-state index is 0.0162. The third-order valence-electron chi connectivity index (χ3n) is 5.53. The van der Waals surface area contributed by atoms with Crippen molar-refractivity contribution < 1.29 is 19.1 Å². The number of nitrogens with zero attached hydrogens (tertiary/aromatic N) is 5. The summed E-state index contributed by atoms with van der Waals surface area (Å²) in [6, 6.07) is 19.4. The fraction of sp³-hybridized carbons (Fsp3) is 0.148. The van der Waals surface area contributed by atoms with E-state index in [1.54, 1.807) is 19.9 Å². The van der Waals surface area contributed by atoms with Gasteiger partial charge in [-0.1, -0.05) is 30.3 Å². The first kappa shape index (κ1) is 23.0. The average Bonchev–Trinajstić information content (AvgIpc) is 2.90. The van der Waals surface area contributed by atoms with Crippen molar-refractivity contribution in [3.05, 3.63) is 101 Å². The molecule has 0 fully saturated rings. The lowest BCUT2D eigenvalue weighted by Gasteiger charge is -2.09. The quantitative estimate of drug-likeness (QED) is 0.329. The Morgan fingerprint density at radius 1 is 0.556 bits per heavy atom. The number of aromatic nitrogens is 5. The molecule has 0 N–H and O–H groups in total. The van der Waals surface area contributed by atoms with Crippen molar-refractivity contribution in [3.63, 3.8) is 0 Å². The van der Waals surface area contributed by atoms with Gasteiger partial charge in [0.25, 0.3) is 0 Å². The summed E-state index contributed by atoms with van der Waals surface area (Å²) in [7, 11) is 0. The first-order valence-electron chi connectivity index (χ1n) is 11.2. The molecular formula is C27H21N5O4. The minimum atomic E-state index is -0.685. The number of esters is 2. The van der Waals surface area contributed by atoms with E-state index >= 15 is 0 Å². The molecule has 0 aliphatic rings. The predicted molar refractivity (Wildman–Crippen MR) is 131 cm³/mol. The van der Waals surface area contributed by atoms with Crippen LogP contribution < -0.4 is 0 Å². The van der Waals surface area contributed by atoms with E-state index in [-0.39, 0.29) is 24.6 Å². The third kappa shape index (κ3) is 4.85. The molecule has 0 unspecified atom stereocenters. The second-order valence-corrected chi connectivity index (χ2v) is 8.05. The van der Waals surface area contributed by atoms with E-state index in [4.69, 9.17) is 9.47 Å². The monoisotopic (exact) mass is 479 g/mol. The van der Waals surface area contributed by atoms with Crippen LogP contribution in [0, 0.1) is 13.8 Å². The first-order chi connectivity index (χ1) is 17.5. The Balaban J connectivity index is 1.25. The SMILES string of the molecule is Cc1nc2ccccc2nc1COC(=O)c1cccc(C(=O)OCc2nc3ccccc3nc2C)n1. The second-order valence-electron chi connectivity index (χ2n) is 8.05. The Kier molecular flexibility index (Phi) is 6.27. The zero-order chi connectivity index (χ0) is 25.1. The number of aryl methyl sites for hydroxylation is 2. The fourth-order valence-electron chi connectivity index (χ4n) is 3.60. The number of para-hydroxylation sites is 4. The number of carbonyl (C=O) groups is 2. The summed E-state index contributed by atoms with van der Waals surface area (Å²) in [5.74, 6) is -1.37. The molecule has 0 aliphatic heterocycles. The molecule has 3 heterocycles. The van der Waals surface area contributed by atoms with Gasteiger partial charge in [0.1, 0.15) is 24.6 Å². The van der Waals surface area contributed by atoms with Gasteiger partial charge in [-0.25, -0.2) is 34.5 Å². The number of benzene rings is 2. The average molecular weight is 479 g/mol. The third-order valence-corrected chi connectivity index (χ3v) is 5.53. The van der Waals surface area contributed by atoms with Gasteiger partial charge in [0.05, 0.1) is 44.8 Å². The summed E-state index contributed by atoms with van der Waals surface area (Å²) in [6.07, 6.45) is 0. The number of rotatable bonds is 6. The largest absolute Gasteiger partial charge is 0.454 e. The van der Waals surface area contributed by atoms with Crippen molar-refractivity contribution in [1.29, 1.82) is 0 Å². The van der Waals surface area contributed by atoms with Crippen LogP contribution in [0.3, 0.4) is 0 Å². The van der Waals surface area contributed by atoms with Gasteiger partial charge in [0, 0.05) is 0 Å². The van der Waals surface area contributed by atoms with Gasteiger partial charge in [-0.15, -0.1) is 0 Å². The highest BCUT2D eigenvalue weighted by atomic mass is 16.5. The summed E-state index contributed by atoms with van der Waals surface area (Å²) in [6.45, 7) is 3.47. The Labute approximate surface area is 206 Å². The van der Waals surface area contributed by atoms with Crippen molar-refractivity contribution >= 4 is 34.0 Å². The van der Waals surface area contributed by atoms with Gasteiger partial charge >= 0.3 is 11.9 Å². The van der Waals surface area contributed by atoms with Crippen LogP contribution in [0.5, 0.6) is 0 Å². The summed E-state index contributed by atoms with van der Waals surface area (Å²) in [4.78, 5) is 47.4. The molecule has 0 atom stereocenters. The molecule has 0 aliphatic carbocycles. The van der Waals surface area contributed by atoms with Crippen LogP contribution in [-0.2, 0) is 22.7 Å². The number of ether oxygens (including phenoxy) is 2. The van der Waals surface area contributed by atoms with Crippen molar-refractivity contribution in [2.75, 3.05) is 0 Å². The van der Waals surface area contributed by atoms with Crippen molar-refractivity contribution in [3.8, 4) is 0 Å². The summed E-state index contributed by atoms with van der Waals surface area (Å²) in [5.41, 5.74) is 5.35. The van der Waals surface area contributed by atoms with E-state index in [2.05, 4.69) is 24.9 Å². The molecule has 0 radical (unpaired) electrons. The molecule has 5 aromatic rings. The molecular weight excluding hydrogens is 458 g/mol. The Hall–Kier alpha value is -4.79. The maximum absolute atomic E-state index is 12.6. The molecule has 0 saturated heterocycles. The van der Waals surface area contributed by atoms with Crippen molar-refractivity contribution in [1.82, 2.24) is 24.9 Å². The topological polar surface area (TPSA) is 117 Å². The highest BCUT2D eigenvalue weighted by Crippen LogP contribution is 2.15. The molecule has 3 aromatic heterocycles. The molecule has 0 bridgehead atoms. The van der Waals surface area contributed by atoms with Gasteiger partial charge < -0.3 is 9.47 Å². The van der Waals surface area contributed by atoms with Crippen molar-refractivity contribution in [2.45, 2.75) is 27.1 Å². The van der Waals surface area contributed by atoms with Gasteiger partial charge in [0.2, 0.25) is 0 Å². The lowest BCUT2D eigenvalue weighted by molar-refractivity contribution is 0.0451. The zero-order valence-electron chi connectivity index (χ0n) is 19.6. The molecule has 0 spiro atoms. The zero-order valence-corrected chi connectivity index (χ0v) is 19.6. The van der Waals surface area contributed by atoms with E-state index in [0.29, 0.717) is 33.8 Å². The van der Waals surface area contributed by atoms with E-state index in [1.165, 1.54) is 12.1 Å². The number of hydrogen-bond acceptors (Lipinski definition) is 9. The van der Waals surface area contributed by atoms with Gasteiger partial charge in [-0.2, -0.15) is 0 Å². The Bertz CT molecular complexity index is 1500. The normalized spacial score (nSPS) is 10.9. The summed E-state index contributed by atoms with van der Waals surface area (Å²) < 4.78 is 10.8. The molecule has 5 rings (SSSR count). The lowest BCUT2D eigenvalue weighted by Crippen LogP contribution is -2.14. The van der Waals surface area contributed by atoms with E-state index in [1.807, 2.05) is 48.5 Å². The smallest absolute Gasteiger partial charge is 0.357 e. The maximum Gasteiger partial charge on any atom is 0.357 e. The highest BCUT2D eigenvalue weighted by molar-refractivity contribution is 5.91. The van der Waals surface area contributed by atoms with Crippen LogP contribution in [0.2, 0.25) is 0 Å². The molecule has 2 aromatic carbocycles. The van der Waals surface area contributed by atoms with E-state index in [9.17, 15) is 9.59 Å². The number of fused-ring (bicyclic) bond motifs is 2. The first-order valence-corrected chi connectivity index (χ1v) is 11.2. The summed E-state index contributed by atoms with van der Waals surface area (Å²) >= 11 is 0. The van der Waals surface area contributed by atoms with E-state index < -0.39 is 11.9 Å². The van der Waals surface area contributed by atoms with Crippen LogP contribution in [-0.4, -0.2) is 36.9 Å². The lowest BCUT2D eigenvalue weighted by atomic mass is 10.2. The molecule has 178 valence electrons. The number of hydrogen-bond donors (Lipinski definition) is 0. The van der Waals surface area contributed by atoms with Crippen molar-refractivity contribution in [2.24, 2.45) is 0 Å². The van der Waals surface area contributed by atoms with Gasteiger partial charge in [-0.3, -0.25) is 0 Å². The van der Waals surface area contributed by atoms with Gasteiger partial charge in [-0.05, 0) is 50.2 Å². The molecule has 36 heavy (non-hydrogen) atoms. The van der Waals surface area contributed by atoms with E-state index in [0.717, 1.165) is 11.0 Å². The number of carbonyl (C=O) groups excluding carboxylic acids is 2. The van der Waals surface area contributed by atoms with Crippen LogP contribution in [0.15, 0.2) is 66.7 Å². The molecule has 0 amide bonds. The number of pyridine rings is 1. The Morgan fingerprint density at radius 3 is 1.36 bits per heavy atom. The highest BCUT2D eigenvalue weighted by Gasteiger charge is 2.17. The predicted octanol–water partition coefficient (Wildman–Crippen LogP) is 4.30. The minimum Gasteiger partial charge on any atom is -0.454 e. The summed E-state index contributed by atoms with van der Waals surface area (Å²) in [5, 5.41) is 0. The van der Waals surface area contributed by atoms with Crippen LogP contribution in [0.25, 0.3) is 22.1 Å². The second kappa shape index (κ2) is 9.83. The maximum atomic E-state index is 12.6.